The molecular weight excluding hydrogens is 335 g/mol. The molecule has 1 aromatic rings. The zero-order chi connectivity index (χ0) is 15.4. The molecule has 0 bridgehead atoms. The molecule has 20 heavy (non-hydrogen) atoms. The summed E-state index contributed by atoms with van der Waals surface area (Å²) in [5.41, 5.74) is -1.05. The van der Waals surface area contributed by atoms with Crippen molar-refractivity contribution in [2.45, 2.75) is 32.9 Å². The Balaban J connectivity index is 2.98. The summed E-state index contributed by atoms with van der Waals surface area (Å²) in [7, 11) is 0. The van der Waals surface area contributed by atoms with Gasteiger partial charge in [-0.3, -0.25) is 0 Å². The SMILES string of the molecule is CCC(CC)(CO)CNc1ccc(Br)cc1C(F)(F)F. The zero-order valence-electron chi connectivity index (χ0n) is 11.5. The molecule has 6 heteroatoms. The molecule has 0 saturated heterocycles. The summed E-state index contributed by atoms with van der Waals surface area (Å²) in [5.74, 6) is 0. The third kappa shape index (κ3) is 4.12. The van der Waals surface area contributed by atoms with E-state index in [4.69, 9.17) is 0 Å². The molecule has 0 atom stereocenters. The lowest BCUT2D eigenvalue weighted by molar-refractivity contribution is -0.137. The van der Waals surface area contributed by atoms with Gasteiger partial charge in [-0.2, -0.15) is 13.2 Å². The van der Waals surface area contributed by atoms with E-state index in [9.17, 15) is 18.3 Å². The molecule has 2 nitrogen and oxygen atoms in total. The lowest BCUT2D eigenvalue weighted by atomic mass is 9.83. The van der Waals surface area contributed by atoms with Crippen LogP contribution in [-0.4, -0.2) is 18.3 Å². The highest BCUT2D eigenvalue weighted by molar-refractivity contribution is 9.10. The maximum Gasteiger partial charge on any atom is 0.418 e. The number of aliphatic hydroxyl groups is 1. The second kappa shape index (κ2) is 6.80. The molecule has 114 valence electrons. The lowest BCUT2D eigenvalue weighted by Gasteiger charge is -2.30. The molecule has 0 aliphatic rings. The number of anilines is 1. The maximum absolute atomic E-state index is 13.0. The smallest absolute Gasteiger partial charge is 0.396 e. The molecule has 0 unspecified atom stereocenters. The first-order chi connectivity index (χ1) is 9.28. The van der Waals surface area contributed by atoms with Crippen LogP contribution in [0.3, 0.4) is 0 Å². The van der Waals surface area contributed by atoms with Gasteiger partial charge >= 0.3 is 6.18 Å². The molecule has 0 saturated carbocycles. The van der Waals surface area contributed by atoms with Crippen molar-refractivity contribution in [2.24, 2.45) is 5.41 Å². The summed E-state index contributed by atoms with van der Waals surface area (Å²) in [6, 6.07) is 4.03. The van der Waals surface area contributed by atoms with Crippen LogP contribution in [0, 0.1) is 5.41 Å². The van der Waals surface area contributed by atoms with Gasteiger partial charge in [-0.1, -0.05) is 29.8 Å². The lowest BCUT2D eigenvalue weighted by Crippen LogP contribution is -2.32. The van der Waals surface area contributed by atoms with E-state index < -0.39 is 17.2 Å². The van der Waals surface area contributed by atoms with Crippen molar-refractivity contribution < 1.29 is 18.3 Å². The Kier molecular flexibility index (Phi) is 5.89. The van der Waals surface area contributed by atoms with Crippen LogP contribution >= 0.6 is 15.9 Å². The van der Waals surface area contributed by atoms with Gasteiger partial charge in [0.25, 0.3) is 0 Å². The number of halogens is 4. The second-order valence-corrected chi connectivity index (χ2v) is 5.82. The molecule has 0 aliphatic carbocycles. The van der Waals surface area contributed by atoms with E-state index in [1.165, 1.54) is 6.07 Å². The molecule has 0 radical (unpaired) electrons. The van der Waals surface area contributed by atoms with Crippen LogP contribution in [0.4, 0.5) is 18.9 Å². The zero-order valence-corrected chi connectivity index (χ0v) is 13.1. The van der Waals surface area contributed by atoms with Gasteiger partial charge in [-0.05, 0) is 31.0 Å². The standard InChI is InChI=1S/C14H19BrF3NO/c1-3-13(4-2,9-20)8-19-12-6-5-10(15)7-11(12)14(16,17)18/h5-7,19-20H,3-4,8-9H2,1-2H3. The van der Waals surface area contributed by atoms with E-state index in [0.29, 0.717) is 23.9 Å². The Morgan fingerprint density at radius 3 is 2.25 bits per heavy atom. The van der Waals surface area contributed by atoms with Crippen molar-refractivity contribution in [2.75, 3.05) is 18.5 Å². The Morgan fingerprint density at radius 1 is 1.20 bits per heavy atom. The number of hydrogen-bond acceptors (Lipinski definition) is 2. The average molecular weight is 354 g/mol. The van der Waals surface area contributed by atoms with Crippen molar-refractivity contribution in [1.82, 2.24) is 0 Å². The van der Waals surface area contributed by atoms with Gasteiger partial charge in [0.05, 0.1) is 12.2 Å². The number of nitrogens with one attached hydrogen (secondary N) is 1. The fourth-order valence-corrected chi connectivity index (χ4v) is 2.33. The molecule has 0 aliphatic heterocycles. The number of aliphatic hydroxyl groups excluding tert-OH is 1. The molecule has 0 amide bonds. The van der Waals surface area contributed by atoms with Gasteiger partial charge < -0.3 is 10.4 Å². The van der Waals surface area contributed by atoms with Crippen molar-refractivity contribution in [3.63, 3.8) is 0 Å². The average Bonchev–Trinajstić information content (AvgIpc) is 2.41. The van der Waals surface area contributed by atoms with Crippen LogP contribution in [-0.2, 0) is 6.18 Å². The second-order valence-electron chi connectivity index (χ2n) is 4.91. The summed E-state index contributed by atoms with van der Waals surface area (Å²) >= 11 is 3.05. The molecular formula is C14H19BrF3NO. The summed E-state index contributed by atoms with van der Waals surface area (Å²) in [6.07, 6.45) is -3.01. The van der Waals surface area contributed by atoms with E-state index in [2.05, 4.69) is 21.2 Å². The predicted molar refractivity (Wildman–Crippen MR) is 77.7 cm³/mol. The van der Waals surface area contributed by atoms with Gasteiger partial charge in [-0.15, -0.1) is 0 Å². The number of rotatable bonds is 6. The Hall–Kier alpha value is -0.750. The molecule has 0 aromatic heterocycles. The van der Waals surface area contributed by atoms with Crippen LogP contribution in [0.5, 0.6) is 0 Å². The van der Waals surface area contributed by atoms with Crippen LogP contribution in [0.2, 0.25) is 0 Å². The highest BCUT2D eigenvalue weighted by Crippen LogP contribution is 2.37. The van der Waals surface area contributed by atoms with Crippen molar-refractivity contribution in [3.05, 3.63) is 28.2 Å². The first-order valence-electron chi connectivity index (χ1n) is 6.49. The van der Waals surface area contributed by atoms with E-state index in [1.807, 2.05) is 13.8 Å². The third-order valence-electron chi connectivity index (χ3n) is 3.78. The molecule has 1 aromatic carbocycles. The molecule has 2 N–H and O–H groups in total. The molecule has 0 fully saturated rings. The fraction of sp³-hybridized carbons (Fsp3) is 0.571. The predicted octanol–water partition coefficient (Wildman–Crippen LogP) is 4.68. The quantitative estimate of drug-likeness (QED) is 0.778. The summed E-state index contributed by atoms with van der Waals surface area (Å²) in [6.45, 7) is 4.10. The van der Waals surface area contributed by atoms with Crippen molar-refractivity contribution in [3.8, 4) is 0 Å². The van der Waals surface area contributed by atoms with Gasteiger partial charge in [0.2, 0.25) is 0 Å². The summed E-state index contributed by atoms with van der Waals surface area (Å²) in [5, 5.41) is 12.3. The maximum atomic E-state index is 13.0. The normalized spacial score (nSPS) is 12.6. The van der Waals surface area contributed by atoms with Gasteiger partial charge in [0, 0.05) is 22.1 Å². The van der Waals surface area contributed by atoms with E-state index in [0.717, 1.165) is 6.07 Å². The first-order valence-corrected chi connectivity index (χ1v) is 7.29. The number of benzene rings is 1. The topological polar surface area (TPSA) is 32.3 Å². The Labute approximate surface area is 125 Å². The van der Waals surface area contributed by atoms with Crippen LogP contribution < -0.4 is 5.32 Å². The highest BCUT2D eigenvalue weighted by Gasteiger charge is 2.34. The van der Waals surface area contributed by atoms with Crippen LogP contribution in [0.15, 0.2) is 22.7 Å². The number of hydrogen-bond donors (Lipinski definition) is 2. The summed E-state index contributed by atoms with van der Waals surface area (Å²) < 4.78 is 39.3. The molecule has 0 heterocycles. The van der Waals surface area contributed by atoms with Gasteiger partial charge in [0.15, 0.2) is 0 Å². The van der Waals surface area contributed by atoms with E-state index in [1.54, 1.807) is 6.07 Å². The van der Waals surface area contributed by atoms with Crippen LogP contribution in [0.1, 0.15) is 32.3 Å². The molecule has 0 spiro atoms. The van der Waals surface area contributed by atoms with Gasteiger partial charge in [-0.25, -0.2) is 0 Å². The monoisotopic (exact) mass is 353 g/mol. The van der Waals surface area contributed by atoms with Crippen molar-refractivity contribution in [1.29, 1.82) is 0 Å². The Morgan fingerprint density at radius 2 is 1.80 bits per heavy atom. The molecule has 1 rings (SSSR count). The van der Waals surface area contributed by atoms with Crippen molar-refractivity contribution >= 4 is 21.6 Å². The Bertz CT molecular complexity index is 436. The third-order valence-corrected chi connectivity index (χ3v) is 4.27. The first kappa shape index (κ1) is 17.3. The van der Waals surface area contributed by atoms with E-state index in [-0.39, 0.29) is 12.3 Å². The largest absolute Gasteiger partial charge is 0.418 e. The fourth-order valence-electron chi connectivity index (χ4n) is 1.97. The summed E-state index contributed by atoms with van der Waals surface area (Å²) in [4.78, 5) is 0. The van der Waals surface area contributed by atoms with Gasteiger partial charge in [0.1, 0.15) is 0 Å². The number of alkyl halides is 3. The minimum Gasteiger partial charge on any atom is -0.396 e. The minimum atomic E-state index is -4.41. The minimum absolute atomic E-state index is 0.0421. The van der Waals surface area contributed by atoms with Crippen LogP contribution in [0.25, 0.3) is 0 Å². The highest BCUT2D eigenvalue weighted by atomic mass is 79.9. The van der Waals surface area contributed by atoms with E-state index >= 15 is 0 Å².